The second kappa shape index (κ2) is 8.66. The van der Waals surface area contributed by atoms with Crippen molar-refractivity contribution in [3.8, 4) is 0 Å². The van der Waals surface area contributed by atoms with Crippen molar-refractivity contribution in [2.24, 2.45) is 0 Å². The van der Waals surface area contributed by atoms with Crippen LogP contribution in [0.1, 0.15) is 50.0 Å². The molecule has 1 atom stereocenters. The smallest absolute Gasteiger partial charge is 0.350 e. The Morgan fingerprint density at radius 2 is 1.86 bits per heavy atom. The van der Waals surface area contributed by atoms with E-state index in [2.05, 4.69) is 4.98 Å². The monoisotopic (exact) mass is 489 g/mol. The van der Waals surface area contributed by atoms with Crippen molar-refractivity contribution >= 4 is 45.0 Å². The van der Waals surface area contributed by atoms with Crippen LogP contribution < -0.4 is 15.2 Å². The van der Waals surface area contributed by atoms with Crippen molar-refractivity contribution in [3.05, 3.63) is 86.2 Å². The SMILES string of the molecule is CCOC(=O)c1sc(N2C(=O)c3oc4ccccc4c(=O)c3[C@H]2c2ccc(N(C)C)cc2)nc1C. The number of ether oxygens (including phenoxy) is 1. The van der Waals surface area contributed by atoms with E-state index in [0.29, 0.717) is 26.7 Å². The van der Waals surface area contributed by atoms with E-state index >= 15 is 0 Å². The number of aromatic nitrogens is 1. The minimum atomic E-state index is -0.754. The molecule has 2 aromatic carbocycles. The van der Waals surface area contributed by atoms with Crippen LogP contribution in [0.4, 0.5) is 10.8 Å². The molecule has 178 valence electrons. The number of rotatable bonds is 5. The molecule has 0 saturated carbocycles. The molecule has 9 heteroatoms. The maximum atomic E-state index is 13.7. The highest BCUT2D eigenvalue weighted by Crippen LogP contribution is 2.43. The summed E-state index contributed by atoms with van der Waals surface area (Å²) in [4.78, 5) is 48.0. The number of amides is 1. The highest BCUT2D eigenvalue weighted by Gasteiger charge is 2.45. The summed E-state index contributed by atoms with van der Waals surface area (Å²) in [7, 11) is 3.87. The minimum Gasteiger partial charge on any atom is -0.462 e. The van der Waals surface area contributed by atoms with Crippen molar-refractivity contribution in [1.29, 1.82) is 0 Å². The Morgan fingerprint density at radius 1 is 1.14 bits per heavy atom. The molecule has 35 heavy (non-hydrogen) atoms. The van der Waals surface area contributed by atoms with E-state index in [-0.39, 0.29) is 23.4 Å². The highest BCUT2D eigenvalue weighted by molar-refractivity contribution is 7.17. The van der Waals surface area contributed by atoms with E-state index in [1.54, 1.807) is 38.1 Å². The van der Waals surface area contributed by atoms with Crippen molar-refractivity contribution in [2.75, 3.05) is 30.5 Å². The van der Waals surface area contributed by atoms with Gasteiger partial charge in [0.15, 0.2) is 10.6 Å². The lowest BCUT2D eigenvalue weighted by atomic mass is 9.98. The third kappa shape index (κ3) is 3.68. The van der Waals surface area contributed by atoms with Gasteiger partial charge in [-0.05, 0) is 43.7 Å². The summed E-state index contributed by atoms with van der Waals surface area (Å²) in [5, 5.41) is 0.699. The predicted octanol–water partition coefficient (Wildman–Crippen LogP) is 4.55. The van der Waals surface area contributed by atoms with Gasteiger partial charge in [-0.2, -0.15) is 0 Å². The van der Waals surface area contributed by atoms with Gasteiger partial charge in [0.25, 0.3) is 5.91 Å². The zero-order valence-corrected chi connectivity index (χ0v) is 20.5. The van der Waals surface area contributed by atoms with Crippen LogP contribution in [0.2, 0.25) is 0 Å². The summed E-state index contributed by atoms with van der Waals surface area (Å²) in [5.41, 5.74) is 2.50. The van der Waals surface area contributed by atoms with E-state index < -0.39 is 17.9 Å². The van der Waals surface area contributed by atoms with E-state index in [1.165, 1.54) is 4.90 Å². The number of anilines is 2. The molecule has 0 spiro atoms. The molecular formula is C26H23N3O5S. The Kier molecular flexibility index (Phi) is 5.64. The highest BCUT2D eigenvalue weighted by atomic mass is 32.1. The molecule has 5 rings (SSSR count). The summed E-state index contributed by atoms with van der Waals surface area (Å²) in [6.45, 7) is 3.65. The third-order valence-corrected chi connectivity index (χ3v) is 7.09. The molecule has 2 aromatic heterocycles. The van der Waals surface area contributed by atoms with Gasteiger partial charge in [-0.15, -0.1) is 0 Å². The Bertz CT molecular complexity index is 1520. The molecule has 4 aromatic rings. The number of thiazole rings is 1. The molecular weight excluding hydrogens is 466 g/mol. The lowest BCUT2D eigenvalue weighted by molar-refractivity contribution is 0.0531. The normalized spacial score (nSPS) is 14.9. The van der Waals surface area contributed by atoms with Crippen molar-refractivity contribution in [2.45, 2.75) is 19.9 Å². The van der Waals surface area contributed by atoms with E-state index in [0.717, 1.165) is 22.6 Å². The lowest BCUT2D eigenvalue weighted by Gasteiger charge is -2.23. The third-order valence-electron chi connectivity index (χ3n) is 5.96. The van der Waals surface area contributed by atoms with Gasteiger partial charge in [-0.1, -0.05) is 35.6 Å². The average molecular weight is 490 g/mol. The van der Waals surface area contributed by atoms with Gasteiger partial charge >= 0.3 is 5.97 Å². The molecule has 0 radical (unpaired) electrons. The van der Waals surface area contributed by atoms with Crippen LogP contribution in [0.15, 0.2) is 57.7 Å². The minimum absolute atomic E-state index is 0.0130. The van der Waals surface area contributed by atoms with Crippen LogP contribution in [0.25, 0.3) is 11.0 Å². The van der Waals surface area contributed by atoms with Crippen molar-refractivity contribution in [3.63, 3.8) is 0 Å². The number of carbonyl (C=O) groups excluding carboxylic acids is 2. The molecule has 0 fully saturated rings. The standard InChI is InChI=1S/C26H23N3O5S/c1-5-33-25(32)23-14(2)27-26(35-23)29-20(15-10-12-16(13-11-15)28(3)4)19-21(30)17-8-6-7-9-18(17)34-22(19)24(29)31/h6-13,20H,5H2,1-4H3/t20-/m1/s1. The Morgan fingerprint density at radius 3 is 2.54 bits per heavy atom. The first-order chi connectivity index (χ1) is 16.8. The number of hydrogen-bond donors (Lipinski definition) is 0. The van der Waals surface area contributed by atoms with E-state index in [9.17, 15) is 14.4 Å². The summed E-state index contributed by atoms with van der Waals surface area (Å²) in [6.07, 6.45) is 0. The van der Waals surface area contributed by atoms with Gasteiger partial charge < -0.3 is 14.1 Å². The molecule has 0 bridgehead atoms. The first kappa shape index (κ1) is 22.8. The number of hydrogen-bond acceptors (Lipinski definition) is 8. The second-order valence-electron chi connectivity index (χ2n) is 8.37. The number of para-hydroxylation sites is 1. The topological polar surface area (TPSA) is 92.9 Å². The van der Waals surface area contributed by atoms with Gasteiger partial charge in [0.05, 0.1) is 29.3 Å². The van der Waals surface area contributed by atoms with Crippen LogP contribution >= 0.6 is 11.3 Å². The predicted molar refractivity (Wildman–Crippen MR) is 135 cm³/mol. The molecule has 1 aliphatic rings. The number of benzene rings is 2. The molecule has 1 amide bonds. The number of fused-ring (bicyclic) bond motifs is 2. The summed E-state index contributed by atoms with van der Waals surface area (Å²) in [5.74, 6) is -0.987. The molecule has 8 nitrogen and oxygen atoms in total. The number of nitrogens with zero attached hydrogens (tertiary/aromatic N) is 3. The van der Waals surface area contributed by atoms with Gasteiger partial charge in [0.1, 0.15) is 10.5 Å². The molecule has 3 heterocycles. The average Bonchev–Trinajstić information content (AvgIpc) is 3.37. The summed E-state index contributed by atoms with van der Waals surface area (Å²) >= 11 is 1.06. The molecule has 0 N–H and O–H groups in total. The van der Waals surface area contributed by atoms with Crippen molar-refractivity contribution < 1.29 is 18.7 Å². The fraction of sp³-hybridized carbons (Fsp3) is 0.231. The Balaban J connectivity index is 1.73. The first-order valence-corrected chi connectivity index (χ1v) is 11.9. The van der Waals surface area contributed by atoms with Crippen LogP contribution in [-0.2, 0) is 4.74 Å². The summed E-state index contributed by atoms with van der Waals surface area (Å²) in [6, 6.07) is 13.7. The van der Waals surface area contributed by atoms with Crippen LogP contribution in [0, 0.1) is 6.92 Å². The number of carbonyl (C=O) groups is 2. The van der Waals surface area contributed by atoms with Gasteiger partial charge in [0.2, 0.25) is 5.76 Å². The first-order valence-electron chi connectivity index (χ1n) is 11.1. The molecule has 1 aliphatic heterocycles. The van der Waals surface area contributed by atoms with Crippen LogP contribution in [-0.4, -0.2) is 37.6 Å². The lowest BCUT2D eigenvalue weighted by Crippen LogP contribution is -2.29. The molecule has 0 unspecified atom stereocenters. The maximum Gasteiger partial charge on any atom is 0.350 e. The second-order valence-corrected chi connectivity index (χ2v) is 9.34. The summed E-state index contributed by atoms with van der Waals surface area (Å²) < 4.78 is 11.1. The van der Waals surface area contributed by atoms with Crippen molar-refractivity contribution in [1.82, 2.24) is 4.98 Å². The van der Waals surface area contributed by atoms with E-state index in [4.69, 9.17) is 9.15 Å². The zero-order chi connectivity index (χ0) is 24.9. The fourth-order valence-electron chi connectivity index (χ4n) is 4.26. The van der Waals surface area contributed by atoms with Gasteiger partial charge in [-0.3, -0.25) is 14.5 Å². The fourth-order valence-corrected chi connectivity index (χ4v) is 5.25. The van der Waals surface area contributed by atoms with Gasteiger partial charge in [0, 0.05) is 19.8 Å². The van der Waals surface area contributed by atoms with Crippen LogP contribution in [0.5, 0.6) is 0 Å². The molecule has 0 saturated heterocycles. The quantitative estimate of drug-likeness (QED) is 0.380. The van der Waals surface area contributed by atoms with Gasteiger partial charge in [-0.25, -0.2) is 9.78 Å². The van der Waals surface area contributed by atoms with E-state index in [1.807, 2.05) is 43.3 Å². The van der Waals surface area contributed by atoms with Crippen LogP contribution in [0.3, 0.4) is 0 Å². The molecule has 0 aliphatic carbocycles. The maximum absolute atomic E-state index is 13.7. The zero-order valence-electron chi connectivity index (χ0n) is 19.7. The Hall–Kier alpha value is -3.98. The number of esters is 1. The largest absolute Gasteiger partial charge is 0.462 e. The number of aryl methyl sites for hydroxylation is 1. The Labute approximate surface area is 205 Å².